The zero-order chi connectivity index (χ0) is 20.4. The van der Waals surface area contributed by atoms with Gasteiger partial charge in [0.1, 0.15) is 0 Å². The fourth-order valence-electron chi connectivity index (χ4n) is 2.96. The first kappa shape index (κ1) is 19.6. The Kier molecular flexibility index (Phi) is 5.65. The van der Waals surface area contributed by atoms with Gasteiger partial charge in [-0.05, 0) is 53.9 Å². The largest absolute Gasteiger partial charge is 0.271 e. The number of aryl methyl sites for hydroxylation is 1. The quantitative estimate of drug-likeness (QED) is 0.461. The van der Waals surface area contributed by atoms with Crippen molar-refractivity contribution < 1.29 is 4.79 Å². The Morgan fingerprint density at radius 2 is 1.79 bits per heavy atom. The van der Waals surface area contributed by atoms with Crippen LogP contribution in [-0.4, -0.2) is 16.1 Å². The third-order valence-corrected chi connectivity index (χ3v) is 6.34. The molecule has 0 unspecified atom stereocenters. The van der Waals surface area contributed by atoms with Gasteiger partial charge in [-0.15, -0.1) is 11.3 Å². The SMILES string of the molecule is Cc1csc(/N=C2/S/C(=C\c3ccc(C(C)C)cc3)C(=O)N2c2ccccc2)n1. The molecule has 0 saturated carbocycles. The highest BCUT2D eigenvalue weighted by Crippen LogP contribution is 2.37. The van der Waals surface area contributed by atoms with Gasteiger partial charge < -0.3 is 0 Å². The van der Waals surface area contributed by atoms with Gasteiger partial charge >= 0.3 is 0 Å². The van der Waals surface area contributed by atoms with Crippen LogP contribution in [0.5, 0.6) is 0 Å². The first-order chi connectivity index (χ1) is 14.0. The molecular weight excluding hydrogens is 398 g/mol. The van der Waals surface area contributed by atoms with Crippen LogP contribution in [0.4, 0.5) is 10.8 Å². The molecule has 4 rings (SSSR count). The molecule has 0 aliphatic carbocycles. The van der Waals surface area contributed by atoms with E-state index in [0.29, 0.717) is 21.1 Å². The maximum atomic E-state index is 13.2. The van der Waals surface area contributed by atoms with Crippen molar-refractivity contribution >= 4 is 51.1 Å². The number of nitrogens with zero attached hydrogens (tertiary/aromatic N) is 3. The monoisotopic (exact) mass is 419 g/mol. The second-order valence-corrected chi connectivity index (χ2v) is 8.92. The van der Waals surface area contributed by atoms with Crippen LogP contribution < -0.4 is 4.90 Å². The van der Waals surface area contributed by atoms with Crippen LogP contribution in [0.3, 0.4) is 0 Å². The number of para-hydroxylation sites is 1. The van der Waals surface area contributed by atoms with Gasteiger partial charge in [-0.25, -0.2) is 4.98 Å². The Morgan fingerprint density at radius 3 is 2.41 bits per heavy atom. The van der Waals surface area contributed by atoms with Gasteiger partial charge in [-0.3, -0.25) is 9.69 Å². The number of amides is 1. The number of benzene rings is 2. The highest BCUT2D eigenvalue weighted by molar-refractivity contribution is 8.19. The van der Waals surface area contributed by atoms with E-state index in [4.69, 9.17) is 0 Å². The van der Waals surface area contributed by atoms with Crippen LogP contribution in [-0.2, 0) is 4.79 Å². The van der Waals surface area contributed by atoms with Crippen LogP contribution >= 0.6 is 23.1 Å². The number of thiazole rings is 1. The molecule has 3 aromatic rings. The highest BCUT2D eigenvalue weighted by atomic mass is 32.2. The summed E-state index contributed by atoms with van der Waals surface area (Å²) in [5, 5.41) is 3.24. The number of aliphatic imine (C=N–C) groups is 1. The molecule has 0 radical (unpaired) electrons. The lowest BCUT2D eigenvalue weighted by molar-refractivity contribution is -0.113. The molecule has 0 atom stereocenters. The van der Waals surface area contributed by atoms with E-state index in [-0.39, 0.29) is 5.91 Å². The average Bonchev–Trinajstić information content (AvgIpc) is 3.26. The second-order valence-electron chi connectivity index (χ2n) is 7.07. The van der Waals surface area contributed by atoms with E-state index >= 15 is 0 Å². The summed E-state index contributed by atoms with van der Waals surface area (Å²) in [6.45, 7) is 6.28. The van der Waals surface area contributed by atoms with Gasteiger partial charge in [0.25, 0.3) is 5.91 Å². The number of hydrogen-bond donors (Lipinski definition) is 0. The van der Waals surface area contributed by atoms with Crippen LogP contribution in [0, 0.1) is 6.92 Å². The smallest absolute Gasteiger partial charge is 0.268 e. The maximum Gasteiger partial charge on any atom is 0.271 e. The van der Waals surface area contributed by atoms with Gasteiger partial charge in [0.05, 0.1) is 16.3 Å². The van der Waals surface area contributed by atoms with Crippen molar-refractivity contribution in [2.24, 2.45) is 4.99 Å². The summed E-state index contributed by atoms with van der Waals surface area (Å²) >= 11 is 2.86. The number of carbonyl (C=O) groups excluding carboxylic acids is 1. The third-order valence-electron chi connectivity index (χ3n) is 4.52. The molecule has 0 bridgehead atoms. The molecule has 1 aliphatic heterocycles. The Labute approximate surface area is 179 Å². The second kappa shape index (κ2) is 8.35. The van der Waals surface area contributed by atoms with E-state index < -0.39 is 0 Å². The summed E-state index contributed by atoms with van der Waals surface area (Å²) in [5.74, 6) is 0.411. The zero-order valence-electron chi connectivity index (χ0n) is 16.5. The number of rotatable bonds is 4. The average molecular weight is 420 g/mol. The first-order valence-corrected chi connectivity index (χ1v) is 11.1. The zero-order valence-corrected chi connectivity index (χ0v) is 18.1. The first-order valence-electron chi connectivity index (χ1n) is 9.41. The van der Waals surface area contributed by atoms with E-state index in [0.717, 1.165) is 16.9 Å². The van der Waals surface area contributed by atoms with E-state index in [1.807, 2.05) is 48.7 Å². The molecule has 4 nitrogen and oxygen atoms in total. The van der Waals surface area contributed by atoms with E-state index in [1.54, 1.807) is 4.90 Å². The van der Waals surface area contributed by atoms with Crippen molar-refractivity contribution in [3.05, 3.63) is 81.7 Å². The summed E-state index contributed by atoms with van der Waals surface area (Å²) in [7, 11) is 0. The molecule has 2 aromatic carbocycles. The number of hydrogen-bond acceptors (Lipinski definition) is 5. The normalized spacial score (nSPS) is 17.1. The van der Waals surface area contributed by atoms with Crippen molar-refractivity contribution in [3.8, 4) is 0 Å². The summed E-state index contributed by atoms with van der Waals surface area (Å²) in [4.78, 5) is 24.6. The molecule has 6 heteroatoms. The Morgan fingerprint density at radius 1 is 1.07 bits per heavy atom. The van der Waals surface area contributed by atoms with Gasteiger partial charge in [0.2, 0.25) is 5.13 Å². The topological polar surface area (TPSA) is 45.6 Å². The molecule has 29 heavy (non-hydrogen) atoms. The minimum atomic E-state index is -0.0684. The molecule has 1 amide bonds. The van der Waals surface area contributed by atoms with Crippen molar-refractivity contribution in [2.45, 2.75) is 26.7 Å². The standard InChI is InChI=1S/C23H21N3OS2/c1-15(2)18-11-9-17(10-12-18)13-20-21(27)26(19-7-5-4-6-8-19)23(29-20)25-22-24-16(3)14-28-22/h4-15H,1-3H3/b20-13-,25-23+. The summed E-state index contributed by atoms with van der Waals surface area (Å²) < 4.78 is 0. The summed E-state index contributed by atoms with van der Waals surface area (Å²) in [6.07, 6.45) is 1.93. The number of amidine groups is 1. The Balaban J connectivity index is 1.71. The Bertz CT molecular complexity index is 1080. The van der Waals surface area contributed by atoms with Crippen LogP contribution in [0.1, 0.15) is 36.6 Å². The van der Waals surface area contributed by atoms with Gasteiger partial charge in [0.15, 0.2) is 5.17 Å². The molecule has 1 aliphatic rings. The van der Waals surface area contributed by atoms with E-state index in [1.165, 1.54) is 28.7 Å². The summed E-state index contributed by atoms with van der Waals surface area (Å²) in [6, 6.07) is 18.0. The fraction of sp³-hybridized carbons (Fsp3) is 0.174. The molecule has 2 heterocycles. The lowest BCUT2D eigenvalue weighted by Crippen LogP contribution is -2.28. The predicted octanol–water partition coefficient (Wildman–Crippen LogP) is 6.38. The minimum absolute atomic E-state index is 0.0684. The van der Waals surface area contributed by atoms with Crippen molar-refractivity contribution in [3.63, 3.8) is 0 Å². The van der Waals surface area contributed by atoms with E-state index in [9.17, 15) is 4.79 Å². The maximum absolute atomic E-state index is 13.2. The minimum Gasteiger partial charge on any atom is -0.268 e. The lowest BCUT2D eigenvalue weighted by atomic mass is 10.0. The van der Waals surface area contributed by atoms with Crippen molar-refractivity contribution in [1.29, 1.82) is 0 Å². The molecular formula is C23H21N3OS2. The predicted molar refractivity (Wildman–Crippen MR) is 124 cm³/mol. The number of anilines is 1. The van der Waals surface area contributed by atoms with Crippen molar-refractivity contribution in [1.82, 2.24) is 4.98 Å². The number of thioether (sulfide) groups is 1. The van der Waals surface area contributed by atoms with Crippen LogP contribution in [0.25, 0.3) is 6.08 Å². The van der Waals surface area contributed by atoms with Crippen molar-refractivity contribution in [2.75, 3.05) is 4.90 Å². The van der Waals surface area contributed by atoms with Crippen LogP contribution in [0.2, 0.25) is 0 Å². The van der Waals surface area contributed by atoms with E-state index in [2.05, 4.69) is 48.1 Å². The molecule has 1 saturated heterocycles. The lowest BCUT2D eigenvalue weighted by Gasteiger charge is -2.14. The Hall–Kier alpha value is -2.70. The fourth-order valence-corrected chi connectivity index (χ4v) is 4.66. The number of carbonyl (C=O) groups is 1. The summed E-state index contributed by atoms with van der Waals surface area (Å²) in [5.41, 5.74) is 4.01. The molecule has 146 valence electrons. The molecule has 0 N–H and O–H groups in total. The van der Waals surface area contributed by atoms with Gasteiger partial charge in [-0.1, -0.05) is 56.3 Å². The van der Waals surface area contributed by atoms with Gasteiger partial charge in [0, 0.05) is 5.38 Å². The highest BCUT2D eigenvalue weighted by Gasteiger charge is 2.34. The van der Waals surface area contributed by atoms with Crippen LogP contribution in [0.15, 0.2) is 69.9 Å². The molecule has 1 aromatic heterocycles. The number of aromatic nitrogens is 1. The molecule has 1 fully saturated rings. The molecule has 0 spiro atoms. The van der Waals surface area contributed by atoms with Gasteiger partial charge in [-0.2, -0.15) is 4.99 Å². The third kappa shape index (κ3) is 4.33.